The highest BCUT2D eigenvalue weighted by Crippen LogP contribution is 2.22. The van der Waals surface area contributed by atoms with E-state index in [1.807, 2.05) is 6.07 Å². The molecule has 4 rings (SSSR count). The van der Waals surface area contributed by atoms with Gasteiger partial charge < -0.3 is 16.4 Å². The van der Waals surface area contributed by atoms with Crippen LogP contribution in [-0.2, 0) is 0 Å². The third-order valence-corrected chi connectivity index (χ3v) is 5.03. The number of amides is 1. The van der Waals surface area contributed by atoms with E-state index >= 15 is 0 Å². The minimum absolute atomic E-state index is 0.210. The molecule has 1 aromatic carbocycles. The van der Waals surface area contributed by atoms with Gasteiger partial charge >= 0.3 is 0 Å². The molecule has 0 saturated heterocycles. The molecule has 148 valence electrons. The first-order chi connectivity index (χ1) is 14.1. The molecule has 7 nitrogen and oxygen atoms in total. The normalized spacial score (nSPS) is 18.7. The molecule has 2 aromatic rings. The first-order valence-corrected chi connectivity index (χ1v) is 9.73. The molecule has 7 heteroatoms. The third-order valence-electron chi connectivity index (χ3n) is 5.03. The monoisotopic (exact) mass is 388 g/mol. The summed E-state index contributed by atoms with van der Waals surface area (Å²) in [5, 5.41) is 7.64. The van der Waals surface area contributed by atoms with Crippen molar-refractivity contribution < 1.29 is 4.79 Å². The van der Waals surface area contributed by atoms with Crippen LogP contribution in [0.1, 0.15) is 30.1 Å². The fourth-order valence-electron chi connectivity index (χ4n) is 3.56. The number of hydrogen-bond acceptors (Lipinski definition) is 6. The van der Waals surface area contributed by atoms with Crippen molar-refractivity contribution in [3.8, 4) is 0 Å². The number of primary amides is 1. The highest BCUT2D eigenvalue weighted by Gasteiger charge is 2.14. The largest absolute Gasteiger partial charge is 0.366 e. The zero-order valence-electron chi connectivity index (χ0n) is 16.4. The Morgan fingerprint density at radius 3 is 3.03 bits per heavy atom. The average molecular weight is 388 g/mol. The Morgan fingerprint density at radius 2 is 2.21 bits per heavy atom. The number of carbonyl (C=O) groups excluding carboxylic acids is 1. The van der Waals surface area contributed by atoms with Gasteiger partial charge in [0.05, 0.1) is 11.1 Å². The number of dihydropyridines is 1. The van der Waals surface area contributed by atoms with E-state index in [9.17, 15) is 4.79 Å². The lowest BCUT2D eigenvalue weighted by atomic mass is 10.0. The molecule has 2 heterocycles. The molecule has 1 unspecified atom stereocenters. The van der Waals surface area contributed by atoms with Crippen LogP contribution in [0, 0.1) is 0 Å². The second-order valence-corrected chi connectivity index (χ2v) is 7.28. The van der Waals surface area contributed by atoms with Gasteiger partial charge in [0.25, 0.3) is 5.91 Å². The molecule has 1 amide bonds. The molecular weight excluding hydrogens is 364 g/mol. The molecule has 2 aliphatic rings. The standard InChI is InChI=1S/C22H24N6O/c1-14-8-9-24-19(10-14)28-16-5-2-4-15(11-16)12-25-22-18-7-3-6-17(21(23)29)20(18)26-13-27-22/h2-4,6-7,10-11,13,16H,5,8-9,12H2,1H3,(H2,23,29)(H,24,28)(H,25,26,27). The van der Waals surface area contributed by atoms with E-state index in [1.54, 1.807) is 12.1 Å². The van der Waals surface area contributed by atoms with Crippen LogP contribution in [0.25, 0.3) is 10.9 Å². The Morgan fingerprint density at radius 1 is 1.31 bits per heavy atom. The van der Waals surface area contributed by atoms with Crippen LogP contribution >= 0.6 is 0 Å². The molecule has 0 bridgehead atoms. The third kappa shape index (κ3) is 4.34. The lowest BCUT2D eigenvalue weighted by Crippen LogP contribution is -2.34. The quantitative estimate of drug-likeness (QED) is 0.730. The first-order valence-electron chi connectivity index (χ1n) is 9.73. The lowest BCUT2D eigenvalue weighted by Gasteiger charge is -2.21. The fraction of sp³-hybridized carbons (Fsp3) is 0.273. The van der Waals surface area contributed by atoms with E-state index in [-0.39, 0.29) is 6.04 Å². The lowest BCUT2D eigenvalue weighted by molar-refractivity contribution is 0.100. The fourth-order valence-corrected chi connectivity index (χ4v) is 3.56. The molecule has 0 spiro atoms. The van der Waals surface area contributed by atoms with E-state index in [0.29, 0.717) is 23.4 Å². The van der Waals surface area contributed by atoms with Crippen molar-refractivity contribution in [3.05, 3.63) is 65.5 Å². The minimum Gasteiger partial charge on any atom is -0.366 e. The van der Waals surface area contributed by atoms with Crippen LogP contribution in [0.15, 0.2) is 65.0 Å². The number of rotatable bonds is 5. The Bertz CT molecular complexity index is 1070. The van der Waals surface area contributed by atoms with Gasteiger partial charge in [0, 0.05) is 24.5 Å². The Kier molecular flexibility index (Phi) is 5.37. The highest BCUT2D eigenvalue weighted by atomic mass is 16.1. The molecule has 29 heavy (non-hydrogen) atoms. The van der Waals surface area contributed by atoms with Crippen LogP contribution in [0.4, 0.5) is 5.82 Å². The number of hydrogen-bond donors (Lipinski definition) is 3. The van der Waals surface area contributed by atoms with Crippen molar-refractivity contribution in [2.24, 2.45) is 10.7 Å². The van der Waals surface area contributed by atoms with Gasteiger partial charge in [-0.1, -0.05) is 29.9 Å². The summed E-state index contributed by atoms with van der Waals surface area (Å²) in [6.45, 7) is 3.60. The van der Waals surface area contributed by atoms with Crippen LogP contribution in [0.5, 0.6) is 0 Å². The Hall–Kier alpha value is -3.48. The topological polar surface area (TPSA) is 105 Å². The zero-order valence-corrected chi connectivity index (χ0v) is 16.4. The van der Waals surface area contributed by atoms with E-state index in [4.69, 9.17) is 5.73 Å². The highest BCUT2D eigenvalue weighted by molar-refractivity contribution is 6.06. The van der Waals surface area contributed by atoms with Crippen molar-refractivity contribution in [3.63, 3.8) is 0 Å². The summed E-state index contributed by atoms with van der Waals surface area (Å²) in [6.07, 6.45) is 12.0. The van der Waals surface area contributed by atoms with E-state index < -0.39 is 5.91 Å². The summed E-state index contributed by atoms with van der Waals surface area (Å²) in [7, 11) is 0. The summed E-state index contributed by atoms with van der Waals surface area (Å²) in [6, 6.07) is 5.56. The first kappa shape index (κ1) is 18.9. The summed E-state index contributed by atoms with van der Waals surface area (Å²) in [5.74, 6) is 1.14. The van der Waals surface area contributed by atoms with Crippen molar-refractivity contribution in [2.75, 3.05) is 18.4 Å². The number of amidine groups is 1. The molecule has 0 fully saturated rings. The van der Waals surface area contributed by atoms with E-state index in [2.05, 4.69) is 56.8 Å². The van der Waals surface area contributed by atoms with Gasteiger partial charge in [-0.3, -0.25) is 9.79 Å². The Balaban J connectivity index is 1.48. The number of anilines is 1. The number of aromatic nitrogens is 2. The number of nitrogens with zero attached hydrogens (tertiary/aromatic N) is 3. The summed E-state index contributed by atoms with van der Waals surface area (Å²) >= 11 is 0. The Labute approximate surface area is 169 Å². The van der Waals surface area contributed by atoms with Crippen molar-refractivity contribution in [2.45, 2.75) is 25.8 Å². The molecule has 4 N–H and O–H groups in total. The van der Waals surface area contributed by atoms with Crippen molar-refractivity contribution in [1.82, 2.24) is 15.3 Å². The van der Waals surface area contributed by atoms with Crippen molar-refractivity contribution >= 4 is 28.5 Å². The minimum atomic E-state index is -0.498. The maximum absolute atomic E-state index is 11.7. The summed E-state index contributed by atoms with van der Waals surface area (Å²) < 4.78 is 0. The van der Waals surface area contributed by atoms with Gasteiger partial charge in [-0.2, -0.15) is 0 Å². The number of para-hydroxylation sites is 1. The molecule has 0 saturated carbocycles. The van der Waals surface area contributed by atoms with E-state index in [0.717, 1.165) is 36.2 Å². The van der Waals surface area contributed by atoms with Crippen LogP contribution < -0.4 is 16.4 Å². The number of carbonyl (C=O) groups is 1. The maximum Gasteiger partial charge on any atom is 0.250 e. The van der Waals surface area contributed by atoms with Crippen LogP contribution in [0.3, 0.4) is 0 Å². The van der Waals surface area contributed by atoms with Gasteiger partial charge in [-0.15, -0.1) is 0 Å². The molecule has 1 aliphatic heterocycles. The second kappa shape index (κ2) is 8.26. The number of benzene rings is 1. The predicted octanol–water partition coefficient (Wildman–Crippen LogP) is 2.73. The smallest absolute Gasteiger partial charge is 0.250 e. The van der Waals surface area contributed by atoms with Crippen molar-refractivity contribution in [1.29, 1.82) is 0 Å². The SMILES string of the molecule is CC1=CC(NC2C=C(CNc3ncnc4c(C(N)=O)cccc34)C=CC2)=NCC1. The van der Waals surface area contributed by atoms with Gasteiger partial charge in [0.1, 0.15) is 18.0 Å². The van der Waals surface area contributed by atoms with Gasteiger partial charge in [0.2, 0.25) is 0 Å². The summed E-state index contributed by atoms with van der Waals surface area (Å²) in [5.41, 5.74) is 8.92. The molecule has 1 atom stereocenters. The molecule has 0 radical (unpaired) electrons. The number of fused-ring (bicyclic) bond motifs is 1. The van der Waals surface area contributed by atoms with Gasteiger partial charge in [-0.05, 0) is 43.5 Å². The molecule has 1 aromatic heterocycles. The number of nitrogens with one attached hydrogen (secondary N) is 2. The van der Waals surface area contributed by atoms with E-state index in [1.165, 1.54) is 11.9 Å². The van der Waals surface area contributed by atoms with Crippen LogP contribution in [-0.4, -0.2) is 40.8 Å². The maximum atomic E-state index is 11.7. The van der Waals surface area contributed by atoms with Crippen LogP contribution in [0.2, 0.25) is 0 Å². The average Bonchev–Trinajstić information content (AvgIpc) is 2.72. The zero-order chi connectivity index (χ0) is 20.2. The second-order valence-electron chi connectivity index (χ2n) is 7.28. The predicted molar refractivity (Wildman–Crippen MR) is 116 cm³/mol. The van der Waals surface area contributed by atoms with Gasteiger partial charge in [0.15, 0.2) is 0 Å². The molecular formula is C22H24N6O. The number of nitrogens with two attached hydrogens (primary N) is 1. The molecule has 1 aliphatic carbocycles. The summed E-state index contributed by atoms with van der Waals surface area (Å²) in [4.78, 5) is 24.8. The van der Waals surface area contributed by atoms with Gasteiger partial charge in [-0.25, -0.2) is 9.97 Å². The number of aliphatic imine (C=N–C) groups is 1.